The molecule has 1 heterocycles. The Morgan fingerprint density at radius 1 is 1.29 bits per heavy atom. The molecule has 0 aliphatic carbocycles. The fraction of sp³-hybridized carbons (Fsp3) is 0.611. The minimum absolute atomic E-state index is 0.197. The highest BCUT2D eigenvalue weighted by Crippen LogP contribution is 2.34. The molecule has 6 nitrogen and oxygen atoms in total. The summed E-state index contributed by atoms with van der Waals surface area (Å²) in [5.74, 6) is -0.248. The summed E-state index contributed by atoms with van der Waals surface area (Å²) in [5.41, 5.74) is 0.960. The van der Waals surface area contributed by atoms with E-state index in [2.05, 4.69) is 23.9 Å². The van der Waals surface area contributed by atoms with Crippen molar-refractivity contribution in [2.24, 2.45) is 0 Å². The summed E-state index contributed by atoms with van der Waals surface area (Å²) in [6.45, 7) is 2.53. The number of benzene rings is 1. The third-order valence-electron chi connectivity index (χ3n) is 4.70. The molecule has 1 aliphatic rings. The van der Waals surface area contributed by atoms with E-state index in [9.17, 15) is 9.90 Å². The molecular weight excluding hydrogens is 308 g/mol. The van der Waals surface area contributed by atoms with Gasteiger partial charge in [0.1, 0.15) is 5.56 Å². The smallest absolute Gasteiger partial charge is 0.339 e. The van der Waals surface area contributed by atoms with Crippen LogP contribution in [0.25, 0.3) is 0 Å². The molecule has 0 amide bonds. The summed E-state index contributed by atoms with van der Waals surface area (Å²) >= 11 is 0. The number of hydrogen-bond acceptors (Lipinski definition) is 5. The van der Waals surface area contributed by atoms with Gasteiger partial charge in [-0.25, -0.2) is 4.79 Å². The maximum atomic E-state index is 11.8. The zero-order chi connectivity index (χ0) is 17.7. The van der Waals surface area contributed by atoms with Gasteiger partial charge in [-0.3, -0.25) is 4.90 Å². The predicted molar refractivity (Wildman–Crippen MR) is 93.1 cm³/mol. The SMILES string of the molecule is COc1ccc(CN2CCCC[C@H](N(C)C)C2)c(C(=O)O)c1OC. The highest BCUT2D eigenvalue weighted by molar-refractivity contribution is 5.93. The zero-order valence-electron chi connectivity index (χ0n) is 15.0. The van der Waals surface area contributed by atoms with Crippen molar-refractivity contribution in [1.82, 2.24) is 9.80 Å². The van der Waals surface area contributed by atoms with Crippen molar-refractivity contribution in [1.29, 1.82) is 0 Å². The topological polar surface area (TPSA) is 62.2 Å². The number of carboxylic acids is 1. The van der Waals surface area contributed by atoms with Crippen LogP contribution in [0, 0.1) is 0 Å². The molecule has 2 rings (SSSR count). The second-order valence-electron chi connectivity index (χ2n) is 6.49. The van der Waals surface area contributed by atoms with Crippen molar-refractivity contribution in [3.8, 4) is 11.5 Å². The van der Waals surface area contributed by atoms with Crippen molar-refractivity contribution >= 4 is 5.97 Å². The molecule has 1 aromatic carbocycles. The minimum atomic E-state index is -0.986. The lowest BCUT2D eigenvalue weighted by molar-refractivity contribution is 0.0689. The third kappa shape index (κ3) is 4.19. The summed E-state index contributed by atoms with van der Waals surface area (Å²) in [7, 11) is 7.20. The van der Waals surface area contributed by atoms with E-state index in [4.69, 9.17) is 9.47 Å². The van der Waals surface area contributed by atoms with Crippen LogP contribution in [0.3, 0.4) is 0 Å². The second-order valence-corrected chi connectivity index (χ2v) is 6.49. The zero-order valence-corrected chi connectivity index (χ0v) is 15.0. The average Bonchev–Trinajstić information content (AvgIpc) is 2.79. The lowest BCUT2D eigenvalue weighted by Crippen LogP contribution is -2.38. The van der Waals surface area contributed by atoms with E-state index in [1.165, 1.54) is 27.1 Å². The standard InChI is InChI=1S/C18H28N2O4/c1-19(2)14-7-5-6-10-20(12-14)11-13-8-9-15(23-3)17(24-4)16(13)18(21)22/h8-9,14H,5-7,10-12H2,1-4H3,(H,21,22)/t14-/m0/s1. The lowest BCUT2D eigenvalue weighted by Gasteiger charge is -2.29. The number of likely N-dealkylation sites (tertiary alicyclic amines) is 1. The first kappa shape index (κ1) is 18.5. The Labute approximate surface area is 144 Å². The van der Waals surface area contributed by atoms with E-state index in [0.717, 1.165) is 25.1 Å². The summed E-state index contributed by atoms with van der Waals surface area (Å²) in [5, 5.41) is 9.66. The maximum Gasteiger partial charge on any atom is 0.339 e. The van der Waals surface area contributed by atoms with E-state index in [0.29, 0.717) is 24.1 Å². The Balaban J connectivity index is 2.29. The molecule has 0 unspecified atom stereocenters. The van der Waals surface area contributed by atoms with Crippen LogP contribution in [0.5, 0.6) is 11.5 Å². The van der Waals surface area contributed by atoms with E-state index >= 15 is 0 Å². The van der Waals surface area contributed by atoms with Crippen LogP contribution in [0.1, 0.15) is 35.2 Å². The van der Waals surface area contributed by atoms with Gasteiger partial charge in [0.2, 0.25) is 0 Å². The van der Waals surface area contributed by atoms with Crippen LogP contribution in [0.2, 0.25) is 0 Å². The van der Waals surface area contributed by atoms with E-state index in [1.807, 2.05) is 6.07 Å². The molecule has 0 radical (unpaired) electrons. The quantitative estimate of drug-likeness (QED) is 0.860. The van der Waals surface area contributed by atoms with E-state index in [1.54, 1.807) is 6.07 Å². The fourth-order valence-corrected chi connectivity index (χ4v) is 3.34. The molecule has 0 aromatic heterocycles. The monoisotopic (exact) mass is 336 g/mol. The molecule has 0 bridgehead atoms. The number of carboxylic acid groups (broad SMARTS) is 1. The van der Waals surface area contributed by atoms with Gasteiger partial charge >= 0.3 is 5.97 Å². The van der Waals surface area contributed by atoms with Gasteiger partial charge in [0.05, 0.1) is 14.2 Å². The van der Waals surface area contributed by atoms with Gasteiger partial charge in [0.15, 0.2) is 11.5 Å². The van der Waals surface area contributed by atoms with E-state index in [-0.39, 0.29) is 5.56 Å². The van der Waals surface area contributed by atoms with Crippen LogP contribution in [-0.2, 0) is 6.54 Å². The first-order valence-corrected chi connectivity index (χ1v) is 8.33. The number of rotatable bonds is 6. The molecule has 1 fully saturated rings. The second kappa shape index (κ2) is 8.35. The number of methoxy groups -OCH3 is 2. The number of hydrogen-bond donors (Lipinski definition) is 1. The highest BCUT2D eigenvalue weighted by atomic mass is 16.5. The Morgan fingerprint density at radius 3 is 2.62 bits per heavy atom. The molecule has 1 aromatic rings. The Hall–Kier alpha value is -1.79. The van der Waals surface area contributed by atoms with Crippen molar-refractivity contribution in [2.75, 3.05) is 41.4 Å². The minimum Gasteiger partial charge on any atom is -0.493 e. The first-order valence-electron chi connectivity index (χ1n) is 8.33. The van der Waals surface area contributed by atoms with Crippen molar-refractivity contribution < 1.29 is 19.4 Å². The van der Waals surface area contributed by atoms with Gasteiger partial charge in [-0.05, 0) is 45.1 Å². The van der Waals surface area contributed by atoms with Crippen molar-refractivity contribution in [3.63, 3.8) is 0 Å². The largest absolute Gasteiger partial charge is 0.493 e. The molecule has 1 aliphatic heterocycles. The number of ether oxygens (including phenoxy) is 2. The van der Waals surface area contributed by atoms with Gasteiger partial charge in [-0.1, -0.05) is 12.5 Å². The Kier molecular flexibility index (Phi) is 6.45. The number of carbonyl (C=O) groups is 1. The van der Waals surface area contributed by atoms with Crippen molar-refractivity contribution in [2.45, 2.75) is 31.8 Å². The molecule has 0 saturated carbocycles. The summed E-state index contributed by atoms with van der Waals surface area (Å²) in [6.07, 6.45) is 3.53. The molecule has 1 N–H and O–H groups in total. The summed E-state index contributed by atoms with van der Waals surface area (Å²) < 4.78 is 10.5. The van der Waals surface area contributed by atoms with Crippen LogP contribution in [-0.4, -0.2) is 68.3 Å². The van der Waals surface area contributed by atoms with Crippen LogP contribution >= 0.6 is 0 Å². The van der Waals surface area contributed by atoms with Gasteiger partial charge in [-0.15, -0.1) is 0 Å². The first-order chi connectivity index (χ1) is 11.5. The normalized spacial score (nSPS) is 19.1. The van der Waals surface area contributed by atoms with Gasteiger partial charge in [-0.2, -0.15) is 0 Å². The molecule has 1 atom stereocenters. The van der Waals surface area contributed by atoms with Crippen molar-refractivity contribution in [3.05, 3.63) is 23.3 Å². The number of aromatic carboxylic acids is 1. The van der Waals surface area contributed by atoms with Gasteiger partial charge in [0, 0.05) is 19.1 Å². The van der Waals surface area contributed by atoms with Crippen LogP contribution < -0.4 is 9.47 Å². The molecule has 24 heavy (non-hydrogen) atoms. The summed E-state index contributed by atoms with van der Waals surface area (Å²) in [6, 6.07) is 4.11. The van der Waals surface area contributed by atoms with Crippen LogP contribution in [0.15, 0.2) is 12.1 Å². The van der Waals surface area contributed by atoms with Crippen LogP contribution in [0.4, 0.5) is 0 Å². The molecule has 1 saturated heterocycles. The molecule has 6 heteroatoms. The third-order valence-corrected chi connectivity index (χ3v) is 4.70. The average molecular weight is 336 g/mol. The predicted octanol–water partition coefficient (Wildman–Crippen LogP) is 2.32. The number of nitrogens with zero attached hydrogens (tertiary/aromatic N) is 2. The highest BCUT2D eigenvalue weighted by Gasteiger charge is 2.24. The van der Waals surface area contributed by atoms with E-state index < -0.39 is 5.97 Å². The van der Waals surface area contributed by atoms with Gasteiger partial charge < -0.3 is 19.5 Å². The molecule has 0 spiro atoms. The maximum absolute atomic E-state index is 11.8. The number of likely N-dealkylation sites (N-methyl/N-ethyl adjacent to an activating group) is 1. The summed E-state index contributed by atoms with van der Waals surface area (Å²) in [4.78, 5) is 16.4. The Morgan fingerprint density at radius 2 is 2.04 bits per heavy atom. The van der Waals surface area contributed by atoms with Gasteiger partial charge in [0.25, 0.3) is 0 Å². The molecular formula is C18H28N2O4. The lowest BCUT2D eigenvalue weighted by atomic mass is 10.0. The molecule has 134 valence electrons. The fourth-order valence-electron chi connectivity index (χ4n) is 3.34. The Bertz CT molecular complexity index is 574.